The molecule has 0 bridgehead atoms. The number of aliphatic hydroxyl groups is 1. The van der Waals surface area contributed by atoms with E-state index in [0.29, 0.717) is 32.4 Å². The Morgan fingerprint density at radius 1 is 1.26 bits per heavy atom. The first-order chi connectivity index (χ1) is 10.7. The summed E-state index contributed by atoms with van der Waals surface area (Å²) >= 11 is 0. The second-order valence-electron chi connectivity index (χ2n) is 5.84. The fourth-order valence-corrected chi connectivity index (χ4v) is 2.71. The molecule has 0 unspecified atom stereocenters. The Morgan fingerprint density at radius 3 is 2.30 bits per heavy atom. The number of likely N-dealkylation sites (tertiary alicyclic amines) is 1. The van der Waals surface area contributed by atoms with Crippen LogP contribution in [0.2, 0.25) is 0 Å². The van der Waals surface area contributed by atoms with Crippen LogP contribution >= 0.6 is 0 Å². The summed E-state index contributed by atoms with van der Waals surface area (Å²) in [6.45, 7) is 1.27. The minimum Gasteiger partial charge on any atom is -0.406 e. The van der Waals surface area contributed by atoms with Gasteiger partial charge in [-0.2, -0.15) is 0 Å². The van der Waals surface area contributed by atoms with Crippen molar-refractivity contribution in [3.8, 4) is 5.75 Å². The highest BCUT2D eigenvalue weighted by Gasteiger charge is 2.33. The molecule has 128 valence electrons. The van der Waals surface area contributed by atoms with Crippen LogP contribution in [0.5, 0.6) is 5.75 Å². The van der Waals surface area contributed by atoms with Gasteiger partial charge in [-0.25, -0.2) is 0 Å². The first-order valence-electron chi connectivity index (χ1n) is 7.23. The largest absolute Gasteiger partial charge is 0.573 e. The van der Waals surface area contributed by atoms with Crippen molar-refractivity contribution in [2.75, 3.05) is 19.6 Å². The Kier molecular flexibility index (Phi) is 5.16. The third-order valence-electron chi connectivity index (χ3n) is 3.86. The molecule has 0 atom stereocenters. The van der Waals surface area contributed by atoms with Crippen molar-refractivity contribution in [2.45, 2.75) is 31.2 Å². The van der Waals surface area contributed by atoms with Gasteiger partial charge in [0.25, 0.3) is 0 Å². The number of hydrogen-bond donors (Lipinski definition) is 2. The third-order valence-corrected chi connectivity index (χ3v) is 3.86. The van der Waals surface area contributed by atoms with Crippen LogP contribution in [0.3, 0.4) is 0 Å². The van der Waals surface area contributed by atoms with Gasteiger partial charge in [0.2, 0.25) is 5.91 Å². The molecule has 0 spiro atoms. The molecular weight excluding hydrogens is 313 g/mol. The summed E-state index contributed by atoms with van der Waals surface area (Å²) in [7, 11) is 0. The molecule has 1 aromatic carbocycles. The second kappa shape index (κ2) is 6.76. The van der Waals surface area contributed by atoms with Crippen molar-refractivity contribution in [3.05, 3.63) is 29.8 Å². The number of nitrogens with two attached hydrogens (primary N) is 1. The Labute approximate surface area is 131 Å². The molecule has 0 aromatic heterocycles. The maximum absolute atomic E-state index is 12.1. The lowest BCUT2D eigenvalue weighted by molar-refractivity contribution is -0.274. The first-order valence-corrected chi connectivity index (χ1v) is 7.23. The molecule has 5 nitrogen and oxygen atoms in total. The average Bonchev–Trinajstić information content (AvgIpc) is 2.42. The third kappa shape index (κ3) is 5.72. The number of benzene rings is 1. The Bertz CT molecular complexity index is 538. The molecule has 0 radical (unpaired) electrons. The highest BCUT2D eigenvalue weighted by molar-refractivity contribution is 5.75. The van der Waals surface area contributed by atoms with Crippen LogP contribution < -0.4 is 10.5 Å². The number of carbonyl (C=O) groups excluding carboxylic acids is 1. The zero-order valence-electron chi connectivity index (χ0n) is 12.5. The summed E-state index contributed by atoms with van der Waals surface area (Å²) in [5.74, 6) is -0.694. The highest BCUT2D eigenvalue weighted by atomic mass is 19.4. The topological polar surface area (TPSA) is 75.8 Å². The van der Waals surface area contributed by atoms with E-state index in [1.807, 2.05) is 4.90 Å². The van der Waals surface area contributed by atoms with Crippen molar-refractivity contribution in [1.29, 1.82) is 0 Å². The van der Waals surface area contributed by atoms with Crippen LogP contribution in [0, 0.1) is 0 Å². The summed E-state index contributed by atoms with van der Waals surface area (Å²) in [5, 5.41) is 10.6. The number of piperidine rings is 1. The van der Waals surface area contributed by atoms with Gasteiger partial charge in [0.05, 0.1) is 12.1 Å². The van der Waals surface area contributed by atoms with Gasteiger partial charge < -0.3 is 15.6 Å². The van der Waals surface area contributed by atoms with E-state index in [4.69, 9.17) is 5.73 Å². The quantitative estimate of drug-likeness (QED) is 0.855. The van der Waals surface area contributed by atoms with Crippen LogP contribution in [0.1, 0.15) is 18.4 Å². The van der Waals surface area contributed by atoms with E-state index in [2.05, 4.69) is 4.74 Å². The number of hydrogen-bond acceptors (Lipinski definition) is 4. The Morgan fingerprint density at radius 2 is 1.83 bits per heavy atom. The van der Waals surface area contributed by atoms with E-state index < -0.39 is 17.9 Å². The van der Waals surface area contributed by atoms with Crippen LogP contribution in [0.25, 0.3) is 0 Å². The molecule has 2 rings (SSSR count). The molecule has 3 N–H and O–H groups in total. The Balaban J connectivity index is 1.90. The number of primary amides is 1. The van der Waals surface area contributed by atoms with Crippen LogP contribution in [-0.2, 0) is 11.2 Å². The van der Waals surface area contributed by atoms with E-state index in [1.165, 1.54) is 24.3 Å². The number of halogens is 3. The molecule has 1 aromatic rings. The lowest BCUT2D eigenvalue weighted by Crippen LogP contribution is -2.47. The van der Waals surface area contributed by atoms with Gasteiger partial charge in [-0.3, -0.25) is 9.69 Å². The average molecular weight is 332 g/mol. The number of nitrogens with zero attached hydrogens (tertiary/aromatic N) is 1. The molecule has 0 saturated carbocycles. The molecule has 8 heteroatoms. The number of amides is 1. The number of rotatable bonds is 5. The number of carbonyl (C=O) groups is 1. The van der Waals surface area contributed by atoms with Gasteiger partial charge in [0.15, 0.2) is 0 Å². The predicted molar refractivity (Wildman–Crippen MR) is 76.6 cm³/mol. The molecular formula is C15H19F3N2O3. The van der Waals surface area contributed by atoms with Crippen LogP contribution in [-0.4, -0.2) is 47.5 Å². The normalized spacial score (nSPS) is 18.6. The van der Waals surface area contributed by atoms with Crippen molar-refractivity contribution in [1.82, 2.24) is 4.90 Å². The highest BCUT2D eigenvalue weighted by Crippen LogP contribution is 2.28. The van der Waals surface area contributed by atoms with E-state index in [1.54, 1.807) is 0 Å². The molecule has 1 amide bonds. The molecule has 1 aliphatic rings. The van der Waals surface area contributed by atoms with E-state index >= 15 is 0 Å². The number of ether oxygens (including phenoxy) is 1. The fourth-order valence-electron chi connectivity index (χ4n) is 2.71. The smallest absolute Gasteiger partial charge is 0.406 e. The number of alkyl halides is 3. The van der Waals surface area contributed by atoms with Crippen LogP contribution in [0.15, 0.2) is 24.3 Å². The van der Waals surface area contributed by atoms with Crippen LogP contribution in [0.4, 0.5) is 13.2 Å². The van der Waals surface area contributed by atoms with Crippen molar-refractivity contribution in [3.63, 3.8) is 0 Å². The zero-order valence-corrected chi connectivity index (χ0v) is 12.5. The fraction of sp³-hybridized carbons (Fsp3) is 0.533. The van der Waals surface area contributed by atoms with Crippen molar-refractivity contribution in [2.24, 2.45) is 5.73 Å². The summed E-state index contributed by atoms with van der Waals surface area (Å²) in [4.78, 5) is 12.7. The Hall–Kier alpha value is -1.80. The predicted octanol–water partition coefficient (Wildman–Crippen LogP) is 1.44. The standard InChI is InChI=1S/C15H19F3N2O3/c16-15(17,18)23-12-3-1-11(2-4-12)9-14(22)5-7-20(8-6-14)10-13(19)21/h1-4,22H,5-10H2,(H2,19,21). The molecule has 23 heavy (non-hydrogen) atoms. The van der Waals surface area contributed by atoms with E-state index in [0.717, 1.165) is 5.56 Å². The van der Waals surface area contributed by atoms with Crippen molar-refractivity contribution >= 4 is 5.91 Å². The lowest BCUT2D eigenvalue weighted by atomic mass is 9.85. The lowest BCUT2D eigenvalue weighted by Gasteiger charge is -2.37. The zero-order chi connectivity index (χ0) is 17.1. The van der Waals surface area contributed by atoms with Gasteiger partial charge in [-0.05, 0) is 30.5 Å². The van der Waals surface area contributed by atoms with Gasteiger partial charge in [-0.15, -0.1) is 13.2 Å². The van der Waals surface area contributed by atoms with Crippen molar-refractivity contribution < 1.29 is 27.8 Å². The van der Waals surface area contributed by atoms with Gasteiger partial charge in [0, 0.05) is 19.5 Å². The monoisotopic (exact) mass is 332 g/mol. The maximum atomic E-state index is 12.1. The summed E-state index contributed by atoms with van der Waals surface area (Å²) < 4.78 is 40.1. The molecule has 1 saturated heterocycles. The molecule has 1 fully saturated rings. The first kappa shape index (κ1) is 17.6. The van der Waals surface area contributed by atoms with Gasteiger partial charge in [-0.1, -0.05) is 12.1 Å². The minimum atomic E-state index is -4.72. The summed E-state index contributed by atoms with van der Waals surface area (Å²) in [6.07, 6.45) is -3.43. The van der Waals surface area contributed by atoms with Gasteiger partial charge in [0.1, 0.15) is 5.75 Å². The van der Waals surface area contributed by atoms with E-state index in [9.17, 15) is 23.1 Å². The molecule has 0 aliphatic carbocycles. The van der Waals surface area contributed by atoms with Gasteiger partial charge >= 0.3 is 6.36 Å². The molecule has 1 heterocycles. The summed E-state index contributed by atoms with van der Waals surface area (Å²) in [5.41, 5.74) is 4.93. The maximum Gasteiger partial charge on any atom is 0.573 e. The SMILES string of the molecule is NC(=O)CN1CCC(O)(Cc2ccc(OC(F)(F)F)cc2)CC1. The molecule has 1 aliphatic heterocycles. The summed E-state index contributed by atoms with van der Waals surface area (Å²) in [6, 6.07) is 5.48. The second-order valence-corrected chi connectivity index (χ2v) is 5.84. The van der Waals surface area contributed by atoms with E-state index in [-0.39, 0.29) is 12.3 Å². The minimum absolute atomic E-state index is 0.166.